The smallest absolute Gasteiger partial charge is 0.236 e. The van der Waals surface area contributed by atoms with Crippen molar-refractivity contribution in [2.24, 2.45) is 0 Å². The first-order valence-corrected chi connectivity index (χ1v) is 7.74. The molecule has 0 bridgehead atoms. The molecule has 0 N–H and O–H groups in total. The highest BCUT2D eigenvalue weighted by molar-refractivity contribution is 8.13. The Hall–Kier alpha value is -0.650. The van der Waals surface area contributed by atoms with Crippen LogP contribution in [-0.4, -0.2) is 21.6 Å². The Labute approximate surface area is 109 Å². The van der Waals surface area contributed by atoms with Gasteiger partial charge >= 0.3 is 0 Å². The van der Waals surface area contributed by atoms with Crippen molar-refractivity contribution in [3.63, 3.8) is 0 Å². The highest BCUT2D eigenvalue weighted by Crippen LogP contribution is 2.42. The number of fused-ring (bicyclic) bond motifs is 1. The average molecular weight is 297 g/mol. The van der Waals surface area contributed by atoms with Crippen LogP contribution in [0.5, 0.6) is 11.5 Å². The molecule has 2 rings (SSSR count). The molecule has 0 spiro atoms. The third kappa shape index (κ3) is 2.78. The fourth-order valence-electron chi connectivity index (χ4n) is 1.65. The van der Waals surface area contributed by atoms with Crippen LogP contribution in [0.2, 0.25) is 5.02 Å². The number of hydrogen-bond donors (Lipinski definition) is 0. The average Bonchev–Trinajstić information content (AvgIpc) is 2.23. The van der Waals surface area contributed by atoms with E-state index >= 15 is 0 Å². The lowest BCUT2D eigenvalue weighted by Gasteiger charge is -2.21. The first-order valence-electron chi connectivity index (χ1n) is 4.88. The molecular weight excluding hydrogens is 287 g/mol. The zero-order valence-corrected chi connectivity index (χ0v) is 11.3. The molecule has 94 valence electrons. The molecule has 0 atom stereocenters. The van der Waals surface area contributed by atoms with Crippen LogP contribution in [0.15, 0.2) is 6.07 Å². The Bertz CT molecular complexity index is 554. The number of rotatable bonds is 2. The largest absolute Gasteiger partial charge is 0.486 e. The predicted octanol–water partition coefficient (Wildman–Crippen LogP) is 2.49. The number of hydrogen-bond acceptors (Lipinski definition) is 4. The SMILES string of the molecule is Cc1cc2c(c(Cl)c1CS(=O)(=O)Cl)OCCO2. The van der Waals surface area contributed by atoms with Crippen molar-refractivity contribution in [2.45, 2.75) is 12.7 Å². The summed E-state index contributed by atoms with van der Waals surface area (Å²) < 4.78 is 33.0. The Morgan fingerprint density at radius 2 is 2.00 bits per heavy atom. The van der Waals surface area contributed by atoms with Crippen molar-refractivity contribution >= 4 is 31.3 Å². The molecular formula is C10H10Cl2O4S. The van der Waals surface area contributed by atoms with Gasteiger partial charge in [0.05, 0.1) is 10.8 Å². The maximum atomic E-state index is 11.1. The fraction of sp³-hybridized carbons (Fsp3) is 0.400. The summed E-state index contributed by atoms with van der Waals surface area (Å²) in [5.74, 6) is 0.601. The molecule has 1 aromatic carbocycles. The zero-order chi connectivity index (χ0) is 12.6. The lowest BCUT2D eigenvalue weighted by atomic mass is 10.1. The maximum Gasteiger partial charge on any atom is 0.236 e. The van der Waals surface area contributed by atoms with E-state index in [0.717, 1.165) is 0 Å². The van der Waals surface area contributed by atoms with E-state index in [0.29, 0.717) is 35.8 Å². The normalized spacial score (nSPS) is 14.8. The maximum absolute atomic E-state index is 11.1. The Kier molecular flexibility index (Phi) is 3.43. The third-order valence-electron chi connectivity index (χ3n) is 2.42. The minimum atomic E-state index is -3.66. The molecule has 7 heteroatoms. The first-order chi connectivity index (χ1) is 7.88. The standard InChI is InChI=1S/C10H10Cl2O4S/c1-6-4-8-10(16-3-2-15-8)9(11)7(6)5-17(12,13)14/h4H,2-3,5H2,1H3. The lowest BCUT2D eigenvalue weighted by Crippen LogP contribution is -2.16. The van der Waals surface area contributed by atoms with E-state index < -0.39 is 9.05 Å². The van der Waals surface area contributed by atoms with Gasteiger partial charge in [0, 0.05) is 10.7 Å². The van der Waals surface area contributed by atoms with Gasteiger partial charge in [-0.25, -0.2) is 8.42 Å². The molecule has 0 aromatic heterocycles. The molecule has 1 aliphatic rings. The second-order valence-electron chi connectivity index (χ2n) is 3.69. The van der Waals surface area contributed by atoms with Gasteiger partial charge < -0.3 is 9.47 Å². The molecule has 4 nitrogen and oxygen atoms in total. The van der Waals surface area contributed by atoms with Gasteiger partial charge in [0.1, 0.15) is 13.2 Å². The van der Waals surface area contributed by atoms with Crippen LogP contribution in [0, 0.1) is 6.92 Å². The summed E-state index contributed by atoms with van der Waals surface area (Å²) in [6, 6.07) is 1.71. The van der Waals surface area contributed by atoms with E-state index in [1.165, 1.54) is 0 Å². The molecule has 0 radical (unpaired) electrons. The number of benzene rings is 1. The molecule has 17 heavy (non-hydrogen) atoms. The molecule has 0 amide bonds. The Morgan fingerprint density at radius 3 is 2.65 bits per heavy atom. The monoisotopic (exact) mass is 296 g/mol. The molecule has 0 unspecified atom stereocenters. The zero-order valence-electron chi connectivity index (χ0n) is 9.00. The van der Waals surface area contributed by atoms with Gasteiger partial charge in [-0.3, -0.25) is 0 Å². The number of aryl methyl sites for hydroxylation is 1. The summed E-state index contributed by atoms with van der Waals surface area (Å²) in [5.41, 5.74) is 1.16. The summed E-state index contributed by atoms with van der Waals surface area (Å²) in [7, 11) is 1.58. The minimum Gasteiger partial charge on any atom is -0.486 e. The molecule has 0 saturated carbocycles. The van der Waals surface area contributed by atoms with Crippen molar-refractivity contribution in [2.75, 3.05) is 13.2 Å². The van der Waals surface area contributed by atoms with E-state index in [2.05, 4.69) is 0 Å². The quantitative estimate of drug-likeness (QED) is 0.787. The van der Waals surface area contributed by atoms with Crippen LogP contribution in [0.3, 0.4) is 0 Å². The fourth-order valence-corrected chi connectivity index (χ4v) is 3.14. The summed E-state index contributed by atoms with van der Waals surface area (Å²) in [4.78, 5) is 0. The van der Waals surface area contributed by atoms with E-state index in [1.807, 2.05) is 0 Å². The van der Waals surface area contributed by atoms with E-state index in [4.69, 9.17) is 31.8 Å². The van der Waals surface area contributed by atoms with Gasteiger partial charge in [-0.15, -0.1) is 0 Å². The Balaban J connectivity index is 2.53. The van der Waals surface area contributed by atoms with Crippen LogP contribution < -0.4 is 9.47 Å². The Morgan fingerprint density at radius 1 is 1.35 bits per heavy atom. The van der Waals surface area contributed by atoms with Crippen LogP contribution in [-0.2, 0) is 14.8 Å². The molecule has 0 fully saturated rings. The van der Waals surface area contributed by atoms with Crippen LogP contribution in [0.4, 0.5) is 0 Å². The lowest BCUT2D eigenvalue weighted by molar-refractivity contribution is 0.171. The van der Waals surface area contributed by atoms with Crippen molar-refractivity contribution < 1.29 is 17.9 Å². The third-order valence-corrected chi connectivity index (χ3v) is 3.78. The van der Waals surface area contributed by atoms with Gasteiger partial charge in [0.2, 0.25) is 9.05 Å². The predicted molar refractivity (Wildman–Crippen MR) is 65.7 cm³/mol. The van der Waals surface area contributed by atoms with E-state index in [-0.39, 0.29) is 10.8 Å². The van der Waals surface area contributed by atoms with E-state index in [1.54, 1.807) is 13.0 Å². The van der Waals surface area contributed by atoms with Gasteiger partial charge in [-0.05, 0) is 24.1 Å². The second kappa shape index (κ2) is 4.55. The number of halogens is 2. The summed E-state index contributed by atoms with van der Waals surface area (Å²) >= 11 is 6.11. The van der Waals surface area contributed by atoms with Crippen molar-refractivity contribution in [1.82, 2.24) is 0 Å². The first kappa shape index (κ1) is 12.8. The molecule has 0 saturated heterocycles. The van der Waals surface area contributed by atoms with Crippen LogP contribution in [0.1, 0.15) is 11.1 Å². The van der Waals surface area contributed by atoms with Crippen LogP contribution >= 0.6 is 22.3 Å². The van der Waals surface area contributed by atoms with Crippen LogP contribution in [0.25, 0.3) is 0 Å². The summed E-state index contributed by atoms with van der Waals surface area (Å²) in [6.45, 7) is 2.60. The summed E-state index contributed by atoms with van der Waals surface area (Å²) in [6.07, 6.45) is 0. The van der Waals surface area contributed by atoms with E-state index in [9.17, 15) is 8.42 Å². The van der Waals surface area contributed by atoms with Crippen molar-refractivity contribution in [1.29, 1.82) is 0 Å². The molecule has 1 aromatic rings. The minimum absolute atomic E-state index is 0.254. The van der Waals surface area contributed by atoms with Gasteiger partial charge in [0.15, 0.2) is 11.5 Å². The molecule has 1 aliphatic heterocycles. The molecule has 0 aliphatic carbocycles. The highest BCUT2D eigenvalue weighted by atomic mass is 35.7. The van der Waals surface area contributed by atoms with Gasteiger partial charge in [-0.1, -0.05) is 11.6 Å². The van der Waals surface area contributed by atoms with Crippen molar-refractivity contribution in [3.8, 4) is 11.5 Å². The number of ether oxygens (including phenoxy) is 2. The van der Waals surface area contributed by atoms with Crippen molar-refractivity contribution in [3.05, 3.63) is 22.2 Å². The second-order valence-corrected chi connectivity index (χ2v) is 6.85. The molecule has 1 heterocycles. The highest BCUT2D eigenvalue weighted by Gasteiger charge is 2.22. The topological polar surface area (TPSA) is 52.6 Å². The van der Waals surface area contributed by atoms with Gasteiger partial charge in [0.25, 0.3) is 0 Å². The van der Waals surface area contributed by atoms with Gasteiger partial charge in [-0.2, -0.15) is 0 Å². The summed E-state index contributed by atoms with van der Waals surface area (Å²) in [5, 5.41) is 0.254.